The van der Waals surface area contributed by atoms with Crippen molar-refractivity contribution < 1.29 is 27.4 Å². The molecule has 4 saturated carbocycles. The van der Waals surface area contributed by atoms with E-state index in [0.29, 0.717) is 36.5 Å². The van der Waals surface area contributed by atoms with Crippen LogP contribution in [0, 0.1) is 46.3 Å². The van der Waals surface area contributed by atoms with Crippen LogP contribution in [0.5, 0.6) is 5.75 Å². The van der Waals surface area contributed by atoms with Gasteiger partial charge in [0, 0.05) is 19.1 Å². The van der Waals surface area contributed by atoms with Gasteiger partial charge in [-0.3, -0.25) is 4.79 Å². The van der Waals surface area contributed by atoms with Crippen LogP contribution in [0.25, 0.3) is 11.0 Å². The average Bonchev–Trinajstić information content (AvgIpc) is 3.53. The fourth-order valence-electron chi connectivity index (χ4n) is 9.87. The van der Waals surface area contributed by atoms with E-state index >= 15 is 0 Å². The molecule has 1 aromatic carbocycles. The van der Waals surface area contributed by atoms with Crippen molar-refractivity contribution in [3.63, 3.8) is 0 Å². The summed E-state index contributed by atoms with van der Waals surface area (Å²) >= 11 is 0. The first kappa shape index (κ1) is 30.3. The molecule has 4 fully saturated rings. The van der Waals surface area contributed by atoms with Gasteiger partial charge in [0.1, 0.15) is 17.8 Å². The summed E-state index contributed by atoms with van der Waals surface area (Å²) in [4.78, 5) is 13.8. The molecule has 2 aromatic rings. The van der Waals surface area contributed by atoms with Crippen molar-refractivity contribution in [2.75, 3.05) is 20.8 Å². The third kappa shape index (κ3) is 5.08. The number of aromatic nitrogens is 3. The lowest BCUT2D eigenvalue weighted by Gasteiger charge is -2.62. The highest BCUT2D eigenvalue weighted by Gasteiger charge is 2.63. The molecular weight excluding hydrogens is 531 g/mol. The van der Waals surface area contributed by atoms with Gasteiger partial charge in [-0.05, 0) is 104 Å². The molecule has 4 aliphatic carbocycles. The highest BCUT2D eigenvalue weighted by atomic mass is 19.4. The molecule has 8 unspecified atom stereocenters. The maximum atomic E-state index is 13.8. The van der Waals surface area contributed by atoms with Crippen molar-refractivity contribution in [1.82, 2.24) is 15.0 Å². The lowest BCUT2D eigenvalue weighted by atomic mass is 9.43. The first-order valence-corrected chi connectivity index (χ1v) is 15.6. The molecule has 0 spiro atoms. The van der Waals surface area contributed by atoms with Crippen molar-refractivity contribution in [1.29, 1.82) is 0 Å². The molecule has 9 heteroatoms. The van der Waals surface area contributed by atoms with Gasteiger partial charge < -0.3 is 9.47 Å². The van der Waals surface area contributed by atoms with E-state index in [-0.39, 0.29) is 47.8 Å². The first-order valence-electron chi connectivity index (χ1n) is 15.6. The van der Waals surface area contributed by atoms with E-state index in [1.165, 1.54) is 0 Å². The van der Waals surface area contributed by atoms with Crippen LogP contribution in [0.15, 0.2) is 18.2 Å². The number of hydrogen-bond donors (Lipinski definition) is 0. The lowest BCUT2D eigenvalue weighted by molar-refractivity contribution is -0.217. The van der Waals surface area contributed by atoms with Crippen molar-refractivity contribution >= 4 is 16.8 Å². The number of Topliss-reactive ketones (excluding diaryl/α,β-unsaturated/α-hetero) is 1. The number of benzene rings is 1. The molecule has 8 atom stereocenters. The van der Waals surface area contributed by atoms with Crippen molar-refractivity contribution in [3.8, 4) is 5.75 Å². The van der Waals surface area contributed by atoms with Gasteiger partial charge in [0.2, 0.25) is 0 Å². The number of rotatable bonds is 6. The lowest BCUT2D eigenvalue weighted by Crippen LogP contribution is -2.57. The van der Waals surface area contributed by atoms with E-state index < -0.39 is 12.1 Å². The minimum Gasteiger partial charge on any atom is -0.497 e. The summed E-state index contributed by atoms with van der Waals surface area (Å²) in [6.07, 6.45) is 2.57. The Morgan fingerprint density at radius 1 is 1.05 bits per heavy atom. The second-order valence-electron chi connectivity index (χ2n) is 13.1. The van der Waals surface area contributed by atoms with E-state index in [1.54, 1.807) is 18.9 Å². The molecule has 41 heavy (non-hydrogen) atoms. The molecule has 0 amide bonds. The fourth-order valence-corrected chi connectivity index (χ4v) is 9.87. The zero-order chi connectivity index (χ0) is 29.6. The summed E-state index contributed by atoms with van der Waals surface area (Å²) in [5, 5.41) is 8.50. The highest BCUT2D eigenvalue weighted by Crippen LogP contribution is 2.68. The largest absolute Gasteiger partial charge is 0.497 e. The highest BCUT2D eigenvalue weighted by molar-refractivity contribution is 5.84. The summed E-state index contributed by atoms with van der Waals surface area (Å²) in [6, 6.07) is 5.56. The molecule has 228 valence electrons. The topological polar surface area (TPSA) is 66.2 Å². The molecule has 0 aliphatic heterocycles. The van der Waals surface area contributed by atoms with Crippen LogP contribution >= 0.6 is 0 Å². The van der Waals surface area contributed by atoms with Crippen LogP contribution in [0.2, 0.25) is 0 Å². The third-order valence-electron chi connectivity index (χ3n) is 11.7. The number of carbonyl (C=O) groups is 1. The molecule has 1 heterocycles. The molecule has 0 bridgehead atoms. The van der Waals surface area contributed by atoms with Crippen LogP contribution in [0.1, 0.15) is 78.6 Å². The van der Waals surface area contributed by atoms with Crippen LogP contribution in [0.4, 0.5) is 13.2 Å². The Morgan fingerprint density at radius 3 is 2.54 bits per heavy atom. The average molecular weight is 578 g/mol. The zero-order valence-corrected chi connectivity index (χ0v) is 25.2. The number of fused-ring (bicyclic) bond motifs is 6. The van der Waals surface area contributed by atoms with Crippen LogP contribution < -0.4 is 4.74 Å². The zero-order valence-electron chi connectivity index (χ0n) is 25.2. The molecule has 6 rings (SSSR count). The summed E-state index contributed by atoms with van der Waals surface area (Å²) in [5.74, 6) is 1.02. The molecule has 1 aromatic heterocycles. The van der Waals surface area contributed by atoms with Gasteiger partial charge in [-0.1, -0.05) is 26.0 Å². The van der Waals surface area contributed by atoms with Gasteiger partial charge >= 0.3 is 6.18 Å². The minimum absolute atomic E-state index is 0.0367. The monoisotopic (exact) mass is 577 g/mol. The molecular formula is C32H46F3N3O3. The first-order chi connectivity index (χ1) is 19.6. The van der Waals surface area contributed by atoms with E-state index in [1.807, 2.05) is 32.0 Å². The standard InChI is InChI=1S/C30H40F3N3O3.C2H6/c1-28-12-11-23-21(6-4-18-14-19(30(31,32)33)10-13-29(18,23)17-38-2)22(28)7-8-24(28)27(37)16-36-26-15-20(39-3)5-9-25(26)34-35-36;1-2/h5,9,15,18-19,21-24H,4,6-8,10-14,16-17H2,1-3H3;1-2H3. The molecule has 0 radical (unpaired) electrons. The van der Waals surface area contributed by atoms with Gasteiger partial charge in [-0.15, -0.1) is 5.10 Å². The number of hydrogen-bond acceptors (Lipinski definition) is 5. The number of methoxy groups -OCH3 is 2. The van der Waals surface area contributed by atoms with E-state index in [9.17, 15) is 18.0 Å². The maximum absolute atomic E-state index is 13.8. The number of nitrogens with zero attached hydrogens (tertiary/aromatic N) is 3. The SMILES string of the molecule is CC.COCC12CCC(C(F)(F)F)CC1CCC1C3CCC(C(=O)Cn4nnc5ccc(OC)cc54)C3(C)CCC12. The van der Waals surface area contributed by atoms with Gasteiger partial charge in [0.05, 0.1) is 25.2 Å². The molecule has 0 N–H and O–H groups in total. The third-order valence-corrected chi connectivity index (χ3v) is 11.7. The summed E-state index contributed by atoms with van der Waals surface area (Å²) in [5.41, 5.74) is 1.28. The predicted molar refractivity (Wildman–Crippen MR) is 151 cm³/mol. The van der Waals surface area contributed by atoms with E-state index in [0.717, 1.165) is 49.6 Å². The Bertz CT molecular complexity index is 1230. The van der Waals surface area contributed by atoms with Crippen molar-refractivity contribution in [2.24, 2.45) is 46.3 Å². The van der Waals surface area contributed by atoms with Gasteiger partial charge in [-0.2, -0.15) is 13.2 Å². The van der Waals surface area contributed by atoms with E-state index in [2.05, 4.69) is 17.2 Å². The number of ketones is 1. The van der Waals surface area contributed by atoms with E-state index in [4.69, 9.17) is 9.47 Å². The molecule has 6 nitrogen and oxygen atoms in total. The number of halogens is 3. The molecule has 4 aliphatic rings. The van der Waals surface area contributed by atoms with Gasteiger partial charge in [0.25, 0.3) is 0 Å². The second-order valence-corrected chi connectivity index (χ2v) is 13.1. The quantitative estimate of drug-likeness (QED) is 0.356. The summed E-state index contributed by atoms with van der Waals surface area (Å²) in [7, 11) is 3.31. The second kappa shape index (κ2) is 11.5. The maximum Gasteiger partial charge on any atom is 0.391 e. The summed E-state index contributed by atoms with van der Waals surface area (Å²) < 4.78 is 53.8. The van der Waals surface area contributed by atoms with Crippen LogP contribution in [-0.2, 0) is 16.1 Å². The van der Waals surface area contributed by atoms with Gasteiger partial charge in [0.15, 0.2) is 5.78 Å². The Kier molecular flexibility index (Phi) is 8.50. The number of carbonyl (C=O) groups excluding carboxylic acids is 1. The summed E-state index contributed by atoms with van der Waals surface area (Å²) in [6.45, 7) is 7.05. The smallest absolute Gasteiger partial charge is 0.391 e. The van der Waals surface area contributed by atoms with Crippen molar-refractivity contribution in [2.45, 2.75) is 91.3 Å². The van der Waals surface area contributed by atoms with Gasteiger partial charge in [-0.25, -0.2) is 4.68 Å². The Labute approximate surface area is 241 Å². The minimum atomic E-state index is -4.11. The normalized spacial score (nSPS) is 36.5. The number of ether oxygens (including phenoxy) is 2. The Morgan fingerprint density at radius 2 is 1.83 bits per heavy atom. The predicted octanol–water partition coefficient (Wildman–Crippen LogP) is 7.50. The van der Waals surface area contributed by atoms with Crippen LogP contribution in [-0.4, -0.2) is 47.8 Å². The van der Waals surface area contributed by atoms with Crippen molar-refractivity contribution in [3.05, 3.63) is 18.2 Å². The number of alkyl halides is 3. The Hall–Kier alpha value is -2.16. The fraction of sp³-hybridized carbons (Fsp3) is 0.781. The Balaban J connectivity index is 0.00000165. The molecule has 0 saturated heterocycles. The van der Waals surface area contributed by atoms with Crippen LogP contribution in [0.3, 0.4) is 0 Å².